The van der Waals surface area contributed by atoms with Gasteiger partial charge in [0.25, 0.3) is 0 Å². The van der Waals surface area contributed by atoms with Crippen LogP contribution in [-0.2, 0) is 9.59 Å². The molecule has 1 atom stereocenters. The number of nitrogens with zero attached hydrogens (tertiary/aromatic N) is 1. The number of carbonyl (C=O) groups excluding carboxylic acids is 2. The highest BCUT2D eigenvalue weighted by Crippen LogP contribution is 2.15. The van der Waals surface area contributed by atoms with Crippen molar-refractivity contribution in [3.05, 3.63) is 0 Å². The second-order valence-electron chi connectivity index (χ2n) is 3.10. The maximum absolute atomic E-state index is 11.5. The Hall–Kier alpha value is -1.10. The minimum atomic E-state index is -0.632. The molecule has 0 aromatic heterocycles. The Labute approximate surface area is 77.2 Å². The third-order valence-corrected chi connectivity index (χ3v) is 2.13. The number of nitrogens with one attached hydrogen (secondary N) is 1. The van der Waals surface area contributed by atoms with Crippen LogP contribution in [0.15, 0.2) is 0 Å². The lowest BCUT2D eigenvalue weighted by molar-refractivity contribution is -0.146. The summed E-state index contributed by atoms with van der Waals surface area (Å²) in [5.41, 5.74) is 8.00. The van der Waals surface area contributed by atoms with Gasteiger partial charge in [0.1, 0.15) is 5.92 Å². The van der Waals surface area contributed by atoms with E-state index < -0.39 is 11.8 Å². The van der Waals surface area contributed by atoms with Crippen molar-refractivity contribution >= 4 is 11.8 Å². The van der Waals surface area contributed by atoms with E-state index in [0.717, 1.165) is 6.42 Å². The van der Waals surface area contributed by atoms with Crippen LogP contribution < -0.4 is 11.2 Å². The number of primary amides is 1. The summed E-state index contributed by atoms with van der Waals surface area (Å²) < 4.78 is 0. The smallest absolute Gasteiger partial charge is 0.249 e. The van der Waals surface area contributed by atoms with Crippen molar-refractivity contribution < 1.29 is 9.59 Å². The monoisotopic (exact) mass is 185 g/mol. The summed E-state index contributed by atoms with van der Waals surface area (Å²) in [5.74, 6) is -1.35. The molecule has 13 heavy (non-hydrogen) atoms. The summed E-state index contributed by atoms with van der Waals surface area (Å²) in [6.07, 6.45) is 1.41. The van der Waals surface area contributed by atoms with Gasteiger partial charge in [0.15, 0.2) is 0 Å². The van der Waals surface area contributed by atoms with Crippen LogP contribution in [0.5, 0.6) is 0 Å². The van der Waals surface area contributed by atoms with Crippen molar-refractivity contribution in [2.45, 2.75) is 19.8 Å². The number of amides is 2. The van der Waals surface area contributed by atoms with Gasteiger partial charge < -0.3 is 5.73 Å². The first kappa shape index (κ1) is 9.98. The average Bonchev–Trinajstić information content (AvgIpc) is 2.08. The van der Waals surface area contributed by atoms with E-state index in [1.807, 2.05) is 6.92 Å². The van der Waals surface area contributed by atoms with E-state index in [1.54, 1.807) is 0 Å². The molecule has 2 amide bonds. The molecule has 0 saturated carbocycles. The lowest BCUT2D eigenvalue weighted by atomic mass is 9.98. The fourth-order valence-electron chi connectivity index (χ4n) is 1.49. The van der Waals surface area contributed by atoms with Gasteiger partial charge in [0, 0.05) is 13.1 Å². The SMILES string of the molecule is CCNN1CCCC(C(N)=O)C1=O. The number of nitrogens with two attached hydrogens (primary N) is 1. The maximum atomic E-state index is 11.5. The summed E-state index contributed by atoms with van der Waals surface area (Å²) in [6, 6.07) is 0. The van der Waals surface area contributed by atoms with Crippen LogP contribution in [0.1, 0.15) is 19.8 Å². The molecule has 1 aliphatic heterocycles. The molecule has 1 rings (SSSR count). The zero-order valence-electron chi connectivity index (χ0n) is 7.75. The third-order valence-electron chi connectivity index (χ3n) is 2.13. The molecule has 5 nitrogen and oxygen atoms in total. The molecule has 0 bridgehead atoms. The second kappa shape index (κ2) is 4.23. The molecule has 0 aliphatic carbocycles. The van der Waals surface area contributed by atoms with E-state index in [-0.39, 0.29) is 5.91 Å². The summed E-state index contributed by atoms with van der Waals surface area (Å²) in [4.78, 5) is 22.4. The molecule has 3 N–H and O–H groups in total. The lowest BCUT2D eigenvalue weighted by Crippen LogP contribution is -2.52. The van der Waals surface area contributed by atoms with Gasteiger partial charge in [-0.3, -0.25) is 14.6 Å². The highest BCUT2D eigenvalue weighted by molar-refractivity contribution is 5.99. The van der Waals surface area contributed by atoms with Gasteiger partial charge in [-0.15, -0.1) is 0 Å². The fourth-order valence-corrected chi connectivity index (χ4v) is 1.49. The molecule has 0 aromatic rings. The molecule has 74 valence electrons. The Kier molecular flexibility index (Phi) is 3.25. The molecule has 1 saturated heterocycles. The van der Waals surface area contributed by atoms with Gasteiger partial charge in [-0.1, -0.05) is 6.92 Å². The van der Waals surface area contributed by atoms with E-state index in [1.165, 1.54) is 5.01 Å². The highest BCUT2D eigenvalue weighted by Gasteiger charge is 2.32. The first-order valence-corrected chi connectivity index (χ1v) is 4.51. The van der Waals surface area contributed by atoms with Gasteiger partial charge in [-0.25, -0.2) is 5.43 Å². The van der Waals surface area contributed by atoms with E-state index in [2.05, 4.69) is 5.43 Å². The third kappa shape index (κ3) is 2.18. The number of carbonyl (C=O) groups is 2. The normalized spacial score (nSPS) is 23.3. The molecule has 0 spiro atoms. The molecule has 1 unspecified atom stereocenters. The van der Waals surface area contributed by atoms with Crippen molar-refractivity contribution in [2.24, 2.45) is 11.7 Å². The molecule has 1 aliphatic rings. The van der Waals surface area contributed by atoms with Gasteiger partial charge in [-0.05, 0) is 12.8 Å². The van der Waals surface area contributed by atoms with Crippen LogP contribution in [-0.4, -0.2) is 29.9 Å². The van der Waals surface area contributed by atoms with Gasteiger partial charge in [-0.2, -0.15) is 0 Å². The lowest BCUT2D eigenvalue weighted by Gasteiger charge is -2.30. The average molecular weight is 185 g/mol. The van der Waals surface area contributed by atoms with Crippen LogP contribution >= 0.6 is 0 Å². The molecule has 0 aromatic carbocycles. The van der Waals surface area contributed by atoms with Crippen LogP contribution in [0, 0.1) is 5.92 Å². The van der Waals surface area contributed by atoms with Crippen LogP contribution in [0.4, 0.5) is 0 Å². The van der Waals surface area contributed by atoms with Crippen LogP contribution in [0.25, 0.3) is 0 Å². The maximum Gasteiger partial charge on any atom is 0.249 e. The minimum Gasteiger partial charge on any atom is -0.369 e. The van der Waals surface area contributed by atoms with Crippen molar-refractivity contribution in [3.8, 4) is 0 Å². The Morgan fingerprint density at radius 2 is 2.46 bits per heavy atom. The Bertz CT molecular complexity index is 215. The predicted molar refractivity (Wildman–Crippen MR) is 47.3 cm³/mol. The number of rotatable bonds is 3. The predicted octanol–water partition coefficient (Wildman–Crippen LogP) is -0.765. The van der Waals surface area contributed by atoms with E-state index in [0.29, 0.717) is 19.5 Å². The number of hydrazine groups is 1. The topological polar surface area (TPSA) is 75.4 Å². The number of hydrogen-bond donors (Lipinski definition) is 2. The van der Waals surface area contributed by atoms with E-state index in [9.17, 15) is 9.59 Å². The molecule has 0 radical (unpaired) electrons. The van der Waals surface area contributed by atoms with E-state index >= 15 is 0 Å². The largest absolute Gasteiger partial charge is 0.369 e. The first-order chi connectivity index (χ1) is 6.16. The summed E-state index contributed by atoms with van der Waals surface area (Å²) >= 11 is 0. The standard InChI is InChI=1S/C8H15N3O2/c1-2-10-11-5-3-4-6(7(9)12)8(11)13/h6,10H,2-5H2,1H3,(H2,9,12). The first-order valence-electron chi connectivity index (χ1n) is 4.51. The highest BCUT2D eigenvalue weighted by atomic mass is 16.2. The second-order valence-corrected chi connectivity index (χ2v) is 3.10. The molecular weight excluding hydrogens is 170 g/mol. The molecule has 1 heterocycles. The summed E-state index contributed by atoms with van der Waals surface area (Å²) in [7, 11) is 0. The van der Waals surface area contributed by atoms with Gasteiger partial charge in [0.2, 0.25) is 11.8 Å². The van der Waals surface area contributed by atoms with Crippen LogP contribution in [0.3, 0.4) is 0 Å². The Morgan fingerprint density at radius 3 is 3.00 bits per heavy atom. The van der Waals surface area contributed by atoms with Crippen molar-refractivity contribution in [1.29, 1.82) is 0 Å². The summed E-state index contributed by atoms with van der Waals surface area (Å²) in [5, 5.41) is 1.49. The molecule has 1 fully saturated rings. The van der Waals surface area contributed by atoms with E-state index in [4.69, 9.17) is 5.73 Å². The Morgan fingerprint density at radius 1 is 1.77 bits per heavy atom. The van der Waals surface area contributed by atoms with Crippen molar-refractivity contribution in [3.63, 3.8) is 0 Å². The fraction of sp³-hybridized carbons (Fsp3) is 0.750. The van der Waals surface area contributed by atoms with Gasteiger partial charge >= 0.3 is 0 Å². The quantitative estimate of drug-likeness (QED) is 0.567. The zero-order chi connectivity index (χ0) is 9.84. The molecule has 5 heteroatoms. The zero-order valence-corrected chi connectivity index (χ0v) is 7.75. The van der Waals surface area contributed by atoms with Crippen molar-refractivity contribution in [1.82, 2.24) is 10.4 Å². The number of piperidine rings is 1. The van der Waals surface area contributed by atoms with Crippen molar-refractivity contribution in [2.75, 3.05) is 13.1 Å². The summed E-state index contributed by atoms with van der Waals surface area (Å²) in [6.45, 7) is 3.24. The minimum absolute atomic E-state index is 0.194. The van der Waals surface area contributed by atoms with Gasteiger partial charge in [0.05, 0.1) is 0 Å². The molecular formula is C8H15N3O2. The Balaban J connectivity index is 2.60. The van der Waals surface area contributed by atoms with Crippen LogP contribution in [0.2, 0.25) is 0 Å². The number of hydrogen-bond acceptors (Lipinski definition) is 3.